The van der Waals surface area contributed by atoms with E-state index in [4.69, 9.17) is 0 Å². The van der Waals surface area contributed by atoms with Gasteiger partial charge in [0.2, 0.25) is 5.91 Å². The molecule has 1 aromatic heterocycles. The number of rotatable bonds is 5. The third-order valence-electron chi connectivity index (χ3n) is 3.85. The molecule has 1 saturated heterocycles. The van der Waals surface area contributed by atoms with Gasteiger partial charge in [-0.25, -0.2) is 0 Å². The van der Waals surface area contributed by atoms with Crippen LogP contribution >= 0.6 is 0 Å². The van der Waals surface area contributed by atoms with Crippen LogP contribution < -0.4 is 10.6 Å². The van der Waals surface area contributed by atoms with Crippen molar-refractivity contribution in [3.05, 3.63) is 30.1 Å². The average molecular weight is 276 g/mol. The number of likely N-dealkylation sites (N-methyl/N-ethyl adjacent to an activating group) is 1. The standard InChI is InChI=1S/C15H24N4O/c1-12(14-5-3-4-8-17-14)18-13-6-9-19(10-7-13)11-15(20)16-2/h3-5,8,12-13,18H,6-7,9-11H2,1-2H3,(H,16,20). The molecule has 1 aliphatic heterocycles. The van der Waals surface area contributed by atoms with Crippen LogP contribution in [0.1, 0.15) is 31.5 Å². The lowest BCUT2D eigenvalue weighted by Gasteiger charge is -2.33. The number of nitrogens with one attached hydrogen (secondary N) is 2. The van der Waals surface area contributed by atoms with Gasteiger partial charge in [-0.1, -0.05) is 6.07 Å². The monoisotopic (exact) mass is 276 g/mol. The molecule has 1 aliphatic rings. The van der Waals surface area contributed by atoms with Gasteiger partial charge in [0, 0.05) is 38.4 Å². The number of hydrogen-bond acceptors (Lipinski definition) is 4. The van der Waals surface area contributed by atoms with E-state index in [2.05, 4.69) is 33.5 Å². The Morgan fingerprint density at radius 1 is 1.45 bits per heavy atom. The Kier molecular flexibility index (Phi) is 5.49. The van der Waals surface area contributed by atoms with Crippen molar-refractivity contribution in [1.82, 2.24) is 20.5 Å². The van der Waals surface area contributed by atoms with E-state index in [1.165, 1.54) is 0 Å². The first-order valence-corrected chi connectivity index (χ1v) is 7.29. The number of pyridine rings is 1. The number of hydrogen-bond donors (Lipinski definition) is 2. The van der Waals surface area contributed by atoms with E-state index >= 15 is 0 Å². The van der Waals surface area contributed by atoms with E-state index in [1.54, 1.807) is 7.05 Å². The van der Waals surface area contributed by atoms with E-state index in [0.717, 1.165) is 31.6 Å². The van der Waals surface area contributed by atoms with Crippen LogP contribution in [0.3, 0.4) is 0 Å². The lowest BCUT2D eigenvalue weighted by atomic mass is 10.0. The number of carbonyl (C=O) groups excluding carboxylic acids is 1. The molecule has 0 saturated carbocycles. The van der Waals surface area contributed by atoms with Gasteiger partial charge in [-0.15, -0.1) is 0 Å². The van der Waals surface area contributed by atoms with E-state index in [-0.39, 0.29) is 11.9 Å². The van der Waals surface area contributed by atoms with Crippen molar-refractivity contribution in [3.63, 3.8) is 0 Å². The molecule has 1 unspecified atom stereocenters. The number of amides is 1. The summed E-state index contributed by atoms with van der Waals surface area (Å²) in [5.74, 6) is 0.0956. The zero-order valence-corrected chi connectivity index (χ0v) is 12.3. The molecule has 0 bridgehead atoms. The molecule has 5 heteroatoms. The van der Waals surface area contributed by atoms with E-state index in [0.29, 0.717) is 12.6 Å². The summed E-state index contributed by atoms with van der Waals surface area (Å²) in [6, 6.07) is 6.79. The SMILES string of the molecule is CNC(=O)CN1CCC(NC(C)c2ccccn2)CC1. The predicted octanol–water partition coefficient (Wildman–Crippen LogP) is 0.943. The zero-order chi connectivity index (χ0) is 14.4. The summed E-state index contributed by atoms with van der Waals surface area (Å²) in [5.41, 5.74) is 1.08. The zero-order valence-electron chi connectivity index (χ0n) is 12.3. The van der Waals surface area contributed by atoms with Crippen molar-refractivity contribution < 1.29 is 4.79 Å². The largest absolute Gasteiger partial charge is 0.358 e. The molecule has 1 fully saturated rings. The fourth-order valence-electron chi connectivity index (χ4n) is 2.61. The van der Waals surface area contributed by atoms with Crippen LogP contribution in [0.5, 0.6) is 0 Å². The van der Waals surface area contributed by atoms with Gasteiger partial charge in [0.15, 0.2) is 0 Å². The number of aromatic nitrogens is 1. The minimum atomic E-state index is 0.0956. The predicted molar refractivity (Wildman–Crippen MR) is 79.3 cm³/mol. The summed E-state index contributed by atoms with van der Waals surface area (Å²) in [6.07, 6.45) is 3.99. The van der Waals surface area contributed by atoms with Gasteiger partial charge in [0.05, 0.1) is 12.2 Å². The lowest BCUT2D eigenvalue weighted by molar-refractivity contribution is -0.122. The Balaban J connectivity index is 1.76. The maximum atomic E-state index is 11.3. The average Bonchev–Trinajstić information content (AvgIpc) is 2.50. The smallest absolute Gasteiger partial charge is 0.233 e. The molecule has 0 radical (unpaired) electrons. The quantitative estimate of drug-likeness (QED) is 0.840. The molecule has 1 aromatic rings. The first-order valence-electron chi connectivity index (χ1n) is 7.29. The molecule has 2 heterocycles. The molecule has 1 amide bonds. The van der Waals surface area contributed by atoms with E-state index < -0.39 is 0 Å². The Morgan fingerprint density at radius 2 is 2.20 bits per heavy atom. The maximum Gasteiger partial charge on any atom is 0.233 e. The molecule has 0 spiro atoms. The molecular formula is C15H24N4O. The van der Waals surface area contributed by atoms with Crippen molar-refractivity contribution in [3.8, 4) is 0 Å². The van der Waals surface area contributed by atoms with Gasteiger partial charge in [-0.2, -0.15) is 0 Å². The van der Waals surface area contributed by atoms with E-state index in [1.807, 2.05) is 18.3 Å². The Labute approximate surface area is 120 Å². The second-order valence-electron chi connectivity index (χ2n) is 5.37. The van der Waals surface area contributed by atoms with Crippen LogP contribution in [0.15, 0.2) is 24.4 Å². The Hall–Kier alpha value is -1.46. The van der Waals surface area contributed by atoms with Crippen LogP contribution in [-0.4, -0.2) is 48.5 Å². The van der Waals surface area contributed by atoms with E-state index in [9.17, 15) is 4.79 Å². The summed E-state index contributed by atoms with van der Waals surface area (Å²) in [6.45, 7) is 4.61. The minimum absolute atomic E-state index is 0.0956. The van der Waals surface area contributed by atoms with Crippen molar-refractivity contribution in [1.29, 1.82) is 0 Å². The minimum Gasteiger partial charge on any atom is -0.358 e. The van der Waals surface area contributed by atoms with Crippen LogP contribution in [-0.2, 0) is 4.79 Å². The topological polar surface area (TPSA) is 57.3 Å². The highest BCUT2D eigenvalue weighted by Gasteiger charge is 2.22. The first-order chi connectivity index (χ1) is 9.69. The molecule has 110 valence electrons. The van der Waals surface area contributed by atoms with Gasteiger partial charge in [0.25, 0.3) is 0 Å². The van der Waals surface area contributed by atoms with Crippen LogP contribution in [0, 0.1) is 0 Å². The molecule has 1 atom stereocenters. The summed E-state index contributed by atoms with van der Waals surface area (Å²) in [7, 11) is 1.69. The second kappa shape index (κ2) is 7.36. The van der Waals surface area contributed by atoms with Gasteiger partial charge in [0.1, 0.15) is 0 Å². The maximum absolute atomic E-state index is 11.3. The number of carbonyl (C=O) groups is 1. The van der Waals surface area contributed by atoms with Crippen LogP contribution in [0.4, 0.5) is 0 Å². The van der Waals surface area contributed by atoms with Crippen molar-refractivity contribution in [2.45, 2.75) is 31.8 Å². The van der Waals surface area contributed by atoms with Crippen LogP contribution in [0.25, 0.3) is 0 Å². The highest BCUT2D eigenvalue weighted by atomic mass is 16.1. The third-order valence-corrected chi connectivity index (χ3v) is 3.85. The first kappa shape index (κ1) is 14.9. The van der Waals surface area contributed by atoms with Gasteiger partial charge in [-0.3, -0.25) is 14.7 Å². The Bertz CT molecular complexity index is 415. The normalized spacial score (nSPS) is 18.7. The molecular weight excluding hydrogens is 252 g/mol. The highest BCUT2D eigenvalue weighted by Crippen LogP contribution is 2.15. The van der Waals surface area contributed by atoms with Gasteiger partial charge in [-0.05, 0) is 31.9 Å². The van der Waals surface area contributed by atoms with Crippen molar-refractivity contribution in [2.75, 3.05) is 26.7 Å². The van der Waals surface area contributed by atoms with Gasteiger partial charge < -0.3 is 10.6 Å². The molecule has 20 heavy (non-hydrogen) atoms. The summed E-state index contributed by atoms with van der Waals surface area (Å²) < 4.78 is 0. The molecule has 0 aromatic carbocycles. The fraction of sp³-hybridized carbons (Fsp3) is 0.600. The van der Waals surface area contributed by atoms with Crippen molar-refractivity contribution >= 4 is 5.91 Å². The van der Waals surface area contributed by atoms with Gasteiger partial charge >= 0.3 is 0 Å². The third kappa shape index (κ3) is 4.28. The molecule has 2 N–H and O–H groups in total. The summed E-state index contributed by atoms with van der Waals surface area (Å²) in [5, 5.41) is 6.31. The lowest BCUT2D eigenvalue weighted by Crippen LogP contribution is -2.46. The highest BCUT2D eigenvalue weighted by molar-refractivity contribution is 5.77. The second-order valence-corrected chi connectivity index (χ2v) is 5.37. The van der Waals surface area contributed by atoms with Crippen LogP contribution in [0.2, 0.25) is 0 Å². The molecule has 0 aliphatic carbocycles. The number of piperidine rings is 1. The fourth-order valence-corrected chi connectivity index (χ4v) is 2.61. The molecule has 5 nitrogen and oxygen atoms in total. The number of likely N-dealkylation sites (tertiary alicyclic amines) is 1. The molecule has 2 rings (SSSR count). The summed E-state index contributed by atoms with van der Waals surface area (Å²) in [4.78, 5) is 17.9. The number of nitrogens with zero attached hydrogens (tertiary/aromatic N) is 2. The Morgan fingerprint density at radius 3 is 2.80 bits per heavy atom. The summed E-state index contributed by atoms with van der Waals surface area (Å²) >= 11 is 0. The van der Waals surface area contributed by atoms with Crippen molar-refractivity contribution in [2.24, 2.45) is 0 Å².